The molecule has 0 aromatic heterocycles. The lowest BCUT2D eigenvalue weighted by Crippen LogP contribution is -2.21. The summed E-state index contributed by atoms with van der Waals surface area (Å²) in [6.45, 7) is 3.95. The minimum absolute atomic E-state index is 0.377. The van der Waals surface area contributed by atoms with Gasteiger partial charge in [0.1, 0.15) is 0 Å². The Morgan fingerprint density at radius 3 is 2.57 bits per heavy atom. The molecule has 5 heteroatoms. The summed E-state index contributed by atoms with van der Waals surface area (Å²) in [4.78, 5) is 2.39. The highest BCUT2D eigenvalue weighted by Gasteiger charge is 2.33. The second-order valence-electron chi connectivity index (χ2n) is 5.63. The number of ether oxygens (including phenoxy) is 2. The van der Waals surface area contributed by atoms with Crippen LogP contribution in [0, 0.1) is 5.92 Å². The summed E-state index contributed by atoms with van der Waals surface area (Å²) in [6, 6.07) is 2.39. The number of hydrogen-bond donors (Lipinski definition) is 1. The highest BCUT2D eigenvalue weighted by Crippen LogP contribution is 2.45. The molecule has 2 atom stereocenters. The first-order valence-electron chi connectivity index (χ1n) is 7.40. The predicted molar refractivity (Wildman–Crippen MR) is 89.2 cm³/mol. The zero-order valence-corrected chi connectivity index (χ0v) is 14.9. The van der Waals surface area contributed by atoms with Gasteiger partial charge in [0.25, 0.3) is 0 Å². The van der Waals surface area contributed by atoms with Crippen LogP contribution in [0.15, 0.2) is 10.5 Å². The number of nitrogens with zero attached hydrogens (tertiary/aromatic N) is 1. The monoisotopic (exact) mass is 356 g/mol. The van der Waals surface area contributed by atoms with E-state index in [9.17, 15) is 0 Å². The molecule has 2 N–H and O–H groups in total. The predicted octanol–water partition coefficient (Wildman–Crippen LogP) is 2.98. The molecule has 21 heavy (non-hydrogen) atoms. The zero-order chi connectivity index (χ0) is 15.6. The molecule has 1 fully saturated rings. The van der Waals surface area contributed by atoms with Crippen molar-refractivity contribution in [3.05, 3.63) is 21.7 Å². The topological polar surface area (TPSA) is 47.7 Å². The fraction of sp³-hybridized carbons (Fsp3) is 0.625. The lowest BCUT2D eigenvalue weighted by molar-refractivity contribution is 0.307. The minimum Gasteiger partial charge on any atom is -0.493 e. The van der Waals surface area contributed by atoms with Crippen LogP contribution in [0.25, 0.3) is 0 Å². The number of hydrogen-bond acceptors (Lipinski definition) is 4. The molecule has 0 amide bonds. The number of benzene rings is 1. The molecular weight excluding hydrogens is 332 g/mol. The summed E-state index contributed by atoms with van der Waals surface area (Å²) in [5.74, 6) is 2.19. The molecule has 0 saturated carbocycles. The number of halogens is 1. The van der Waals surface area contributed by atoms with Crippen molar-refractivity contribution >= 4 is 15.9 Å². The lowest BCUT2D eigenvalue weighted by atomic mass is 9.93. The van der Waals surface area contributed by atoms with Gasteiger partial charge in [-0.05, 0) is 44.0 Å². The fourth-order valence-electron chi connectivity index (χ4n) is 3.37. The van der Waals surface area contributed by atoms with Crippen molar-refractivity contribution < 1.29 is 9.47 Å². The van der Waals surface area contributed by atoms with E-state index in [-0.39, 0.29) is 0 Å². The molecule has 2 unspecified atom stereocenters. The van der Waals surface area contributed by atoms with E-state index in [0.717, 1.165) is 41.9 Å². The van der Waals surface area contributed by atoms with Gasteiger partial charge in [0.05, 0.1) is 14.2 Å². The van der Waals surface area contributed by atoms with Crippen LogP contribution in [0.4, 0.5) is 0 Å². The standard InChI is InChI=1S/C16H25BrN2O2/c1-5-11-15(13-6-10(8-18)9-19(13)2)12(17)7-14(20-3)16(11)21-4/h7,10,13H,5-6,8-9,18H2,1-4H3. The van der Waals surface area contributed by atoms with E-state index in [0.29, 0.717) is 12.0 Å². The largest absolute Gasteiger partial charge is 0.493 e. The third-order valence-electron chi connectivity index (χ3n) is 4.42. The van der Waals surface area contributed by atoms with Gasteiger partial charge in [0, 0.05) is 22.6 Å². The highest BCUT2D eigenvalue weighted by molar-refractivity contribution is 9.10. The molecule has 0 bridgehead atoms. The maximum atomic E-state index is 5.86. The lowest BCUT2D eigenvalue weighted by Gasteiger charge is -2.26. The van der Waals surface area contributed by atoms with Gasteiger partial charge in [0.15, 0.2) is 11.5 Å². The van der Waals surface area contributed by atoms with Gasteiger partial charge in [-0.1, -0.05) is 22.9 Å². The Hall–Kier alpha value is -0.780. The molecule has 0 aliphatic carbocycles. The molecule has 118 valence electrons. The first-order chi connectivity index (χ1) is 10.1. The molecule has 0 spiro atoms. The summed E-state index contributed by atoms with van der Waals surface area (Å²) in [5.41, 5.74) is 8.40. The van der Waals surface area contributed by atoms with Gasteiger partial charge in [-0.15, -0.1) is 0 Å². The Morgan fingerprint density at radius 2 is 2.10 bits per heavy atom. The van der Waals surface area contributed by atoms with Gasteiger partial charge in [-0.25, -0.2) is 0 Å². The Morgan fingerprint density at radius 1 is 1.38 bits per heavy atom. The minimum atomic E-state index is 0.377. The van der Waals surface area contributed by atoms with Crippen molar-refractivity contribution in [3.8, 4) is 11.5 Å². The normalized spacial score (nSPS) is 22.6. The van der Waals surface area contributed by atoms with Crippen molar-refractivity contribution in [2.75, 3.05) is 34.4 Å². The van der Waals surface area contributed by atoms with Crippen LogP contribution in [0.2, 0.25) is 0 Å². The molecule has 1 aliphatic heterocycles. The summed E-state index contributed by atoms with van der Waals surface area (Å²) in [7, 11) is 5.55. The summed E-state index contributed by atoms with van der Waals surface area (Å²) in [5, 5.41) is 0. The van der Waals surface area contributed by atoms with Crippen LogP contribution in [0.3, 0.4) is 0 Å². The average Bonchev–Trinajstić information content (AvgIpc) is 2.86. The number of methoxy groups -OCH3 is 2. The Balaban J connectivity index is 2.53. The van der Waals surface area contributed by atoms with Crippen molar-refractivity contribution in [1.29, 1.82) is 0 Å². The van der Waals surface area contributed by atoms with Crippen LogP contribution < -0.4 is 15.2 Å². The van der Waals surface area contributed by atoms with Crippen LogP contribution >= 0.6 is 15.9 Å². The highest BCUT2D eigenvalue weighted by atomic mass is 79.9. The molecule has 4 nitrogen and oxygen atoms in total. The first kappa shape index (κ1) is 16.6. The molecular formula is C16H25BrN2O2. The average molecular weight is 357 g/mol. The second kappa shape index (κ2) is 6.99. The summed E-state index contributed by atoms with van der Waals surface area (Å²) < 4.78 is 12.2. The number of nitrogens with two attached hydrogens (primary N) is 1. The van der Waals surface area contributed by atoms with Gasteiger partial charge < -0.3 is 15.2 Å². The molecule has 1 aromatic carbocycles. The van der Waals surface area contributed by atoms with Crippen molar-refractivity contribution in [2.24, 2.45) is 11.7 Å². The van der Waals surface area contributed by atoms with E-state index in [1.54, 1.807) is 14.2 Å². The van der Waals surface area contributed by atoms with Gasteiger partial charge in [-0.2, -0.15) is 0 Å². The van der Waals surface area contributed by atoms with E-state index in [4.69, 9.17) is 15.2 Å². The van der Waals surface area contributed by atoms with Crippen LogP contribution in [-0.4, -0.2) is 39.3 Å². The van der Waals surface area contributed by atoms with Crippen molar-refractivity contribution in [2.45, 2.75) is 25.8 Å². The van der Waals surface area contributed by atoms with Crippen LogP contribution in [-0.2, 0) is 6.42 Å². The zero-order valence-electron chi connectivity index (χ0n) is 13.3. The third-order valence-corrected chi connectivity index (χ3v) is 5.07. The molecule has 1 saturated heterocycles. The van der Waals surface area contributed by atoms with E-state index in [1.807, 2.05) is 6.07 Å². The Kier molecular flexibility index (Phi) is 5.52. The summed E-state index contributed by atoms with van der Waals surface area (Å²) in [6.07, 6.45) is 2.00. The van der Waals surface area contributed by atoms with E-state index >= 15 is 0 Å². The number of rotatable bonds is 5. The van der Waals surface area contributed by atoms with Crippen LogP contribution in [0.1, 0.15) is 30.5 Å². The maximum Gasteiger partial charge on any atom is 0.164 e. The van der Waals surface area contributed by atoms with Crippen LogP contribution in [0.5, 0.6) is 11.5 Å². The Labute approximate surface area is 135 Å². The van der Waals surface area contributed by atoms with Crippen molar-refractivity contribution in [1.82, 2.24) is 4.90 Å². The SMILES string of the molecule is CCc1c(OC)c(OC)cc(Br)c1C1CC(CN)CN1C. The molecule has 2 rings (SSSR count). The first-order valence-corrected chi connectivity index (χ1v) is 8.20. The smallest absolute Gasteiger partial charge is 0.164 e. The molecule has 1 aliphatic rings. The number of likely N-dealkylation sites (tertiary alicyclic amines) is 1. The molecule has 0 radical (unpaired) electrons. The fourth-order valence-corrected chi connectivity index (χ4v) is 4.09. The molecule has 1 aromatic rings. The maximum absolute atomic E-state index is 5.86. The van der Waals surface area contributed by atoms with Gasteiger partial charge >= 0.3 is 0 Å². The summed E-state index contributed by atoms with van der Waals surface area (Å²) >= 11 is 3.73. The van der Waals surface area contributed by atoms with E-state index in [2.05, 4.69) is 34.8 Å². The van der Waals surface area contributed by atoms with E-state index < -0.39 is 0 Å². The second-order valence-corrected chi connectivity index (χ2v) is 6.49. The Bertz CT molecular complexity index is 508. The quantitative estimate of drug-likeness (QED) is 0.880. The van der Waals surface area contributed by atoms with Gasteiger partial charge in [-0.3, -0.25) is 4.90 Å². The molecule has 1 heterocycles. The third kappa shape index (κ3) is 3.05. The van der Waals surface area contributed by atoms with Gasteiger partial charge in [0.2, 0.25) is 0 Å². The van der Waals surface area contributed by atoms with E-state index in [1.165, 1.54) is 11.1 Å². The van der Waals surface area contributed by atoms with Crippen molar-refractivity contribution in [3.63, 3.8) is 0 Å².